The quantitative estimate of drug-likeness (QED) is 0.893. The summed E-state index contributed by atoms with van der Waals surface area (Å²) in [6, 6.07) is 6.63. The fourth-order valence-corrected chi connectivity index (χ4v) is 2.76. The van der Waals surface area contributed by atoms with Crippen LogP contribution in [-0.2, 0) is 0 Å². The molecule has 0 amide bonds. The van der Waals surface area contributed by atoms with Crippen molar-refractivity contribution in [3.63, 3.8) is 0 Å². The maximum Gasteiger partial charge on any atom is 0.0635 e. The van der Waals surface area contributed by atoms with E-state index in [1.807, 2.05) is 0 Å². The highest BCUT2D eigenvalue weighted by Crippen LogP contribution is 2.29. The van der Waals surface area contributed by atoms with Crippen molar-refractivity contribution in [3.05, 3.63) is 28.2 Å². The average Bonchev–Trinajstić information content (AvgIpc) is 2.65. The highest BCUT2D eigenvalue weighted by molar-refractivity contribution is 9.10. The monoisotopic (exact) mass is 269 g/mol. The SMILES string of the molecule is Cc1cc(Br)ccc1N1CCCC1CO. The zero-order chi connectivity index (χ0) is 10.8. The Kier molecular flexibility index (Phi) is 3.32. The molecule has 1 aliphatic heterocycles. The molecule has 1 fully saturated rings. The Morgan fingerprint density at radius 2 is 2.33 bits per heavy atom. The minimum Gasteiger partial charge on any atom is -0.394 e. The van der Waals surface area contributed by atoms with Gasteiger partial charge in [-0.15, -0.1) is 0 Å². The number of aryl methyl sites for hydroxylation is 1. The molecule has 0 radical (unpaired) electrons. The molecular formula is C12H16BrNO. The number of nitrogens with zero attached hydrogens (tertiary/aromatic N) is 1. The van der Waals surface area contributed by atoms with Crippen LogP contribution in [0.3, 0.4) is 0 Å². The summed E-state index contributed by atoms with van der Waals surface area (Å²) in [5.74, 6) is 0. The second-order valence-corrected chi connectivity index (χ2v) is 5.02. The van der Waals surface area contributed by atoms with E-state index in [4.69, 9.17) is 0 Å². The van der Waals surface area contributed by atoms with Gasteiger partial charge in [0.25, 0.3) is 0 Å². The van der Waals surface area contributed by atoms with Crippen molar-refractivity contribution in [3.8, 4) is 0 Å². The van der Waals surface area contributed by atoms with Crippen LogP contribution in [0.15, 0.2) is 22.7 Å². The molecule has 0 aliphatic carbocycles. The summed E-state index contributed by atoms with van der Waals surface area (Å²) in [5, 5.41) is 9.29. The van der Waals surface area contributed by atoms with E-state index in [2.05, 4.69) is 46.0 Å². The van der Waals surface area contributed by atoms with Gasteiger partial charge in [0.1, 0.15) is 0 Å². The first-order valence-corrected chi connectivity index (χ1v) is 6.15. The van der Waals surface area contributed by atoms with Gasteiger partial charge in [0.05, 0.1) is 12.6 Å². The minimum atomic E-state index is 0.259. The summed E-state index contributed by atoms with van der Waals surface area (Å²) < 4.78 is 1.11. The van der Waals surface area contributed by atoms with Gasteiger partial charge in [0, 0.05) is 16.7 Å². The Hall–Kier alpha value is -0.540. The highest BCUT2D eigenvalue weighted by atomic mass is 79.9. The maximum atomic E-state index is 9.29. The van der Waals surface area contributed by atoms with E-state index in [-0.39, 0.29) is 6.61 Å². The van der Waals surface area contributed by atoms with Gasteiger partial charge in [0.15, 0.2) is 0 Å². The lowest BCUT2D eigenvalue weighted by atomic mass is 10.1. The summed E-state index contributed by atoms with van der Waals surface area (Å²) in [7, 11) is 0. The normalized spacial score (nSPS) is 21.0. The molecule has 3 heteroatoms. The molecule has 1 saturated heterocycles. The third-order valence-electron chi connectivity index (χ3n) is 3.06. The number of rotatable bonds is 2. The van der Waals surface area contributed by atoms with Crippen molar-refractivity contribution in [2.24, 2.45) is 0 Å². The van der Waals surface area contributed by atoms with Crippen LogP contribution >= 0.6 is 15.9 Å². The van der Waals surface area contributed by atoms with Crippen LogP contribution < -0.4 is 4.90 Å². The fourth-order valence-electron chi connectivity index (χ4n) is 2.28. The number of halogens is 1. The summed E-state index contributed by atoms with van der Waals surface area (Å²) >= 11 is 3.47. The van der Waals surface area contributed by atoms with Gasteiger partial charge in [0.2, 0.25) is 0 Å². The smallest absolute Gasteiger partial charge is 0.0635 e. The molecule has 0 bridgehead atoms. The fraction of sp³-hybridized carbons (Fsp3) is 0.500. The third kappa shape index (κ3) is 2.18. The first-order chi connectivity index (χ1) is 7.22. The lowest BCUT2D eigenvalue weighted by Crippen LogP contribution is -2.32. The number of hydrogen-bond donors (Lipinski definition) is 1. The number of anilines is 1. The van der Waals surface area contributed by atoms with Crippen LogP contribution in [0.4, 0.5) is 5.69 Å². The molecule has 0 aromatic heterocycles. The van der Waals surface area contributed by atoms with Crippen molar-refractivity contribution in [1.82, 2.24) is 0 Å². The van der Waals surface area contributed by atoms with Crippen LogP contribution in [0.25, 0.3) is 0 Å². The molecule has 1 aromatic carbocycles. The molecule has 1 aliphatic rings. The molecule has 0 saturated carbocycles. The predicted molar refractivity (Wildman–Crippen MR) is 66.3 cm³/mol. The van der Waals surface area contributed by atoms with Gasteiger partial charge < -0.3 is 10.0 Å². The van der Waals surface area contributed by atoms with Crippen LogP contribution in [0.5, 0.6) is 0 Å². The number of hydrogen-bond acceptors (Lipinski definition) is 2. The molecule has 1 atom stereocenters. The minimum absolute atomic E-state index is 0.259. The Bertz CT molecular complexity index is 353. The van der Waals surface area contributed by atoms with E-state index < -0.39 is 0 Å². The van der Waals surface area contributed by atoms with Crippen molar-refractivity contribution >= 4 is 21.6 Å². The summed E-state index contributed by atoms with van der Waals surface area (Å²) in [4.78, 5) is 2.32. The Morgan fingerprint density at radius 3 is 3.00 bits per heavy atom. The van der Waals surface area contributed by atoms with E-state index in [1.165, 1.54) is 17.7 Å². The van der Waals surface area contributed by atoms with E-state index in [0.717, 1.165) is 17.4 Å². The molecule has 1 aromatic rings. The van der Waals surface area contributed by atoms with Gasteiger partial charge in [-0.25, -0.2) is 0 Å². The van der Waals surface area contributed by atoms with Gasteiger partial charge in [-0.05, 0) is 43.5 Å². The Morgan fingerprint density at radius 1 is 1.53 bits per heavy atom. The van der Waals surface area contributed by atoms with Crippen LogP contribution in [0, 0.1) is 6.92 Å². The summed E-state index contributed by atoms with van der Waals surface area (Å²) in [6.45, 7) is 3.44. The van der Waals surface area contributed by atoms with Crippen LogP contribution in [-0.4, -0.2) is 24.3 Å². The van der Waals surface area contributed by atoms with Gasteiger partial charge in [-0.2, -0.15) is 0 Å². The van der Waals surface area contributed by atoms with Crippen molar-refractivity contribution < 1.29 is 5.11 Å². The molecule has 15 heavy (non-hydrogen) atoms. The first kappa shape index (κ1) is 11.0. The largest absolute Gasteiger partial charge is 0.394 e. The Labute approximate surface area is 99.0 Å². The predicted octanol–water partition coefficient (Wildman–Crippen LogP) is 2.72. The van der Waals surface area contributed by atoms with Gasteiger partial charge >= 0.3 is 0 Å². The summed E-state index contributed by atoms with van der Waals surface area (Å²) in [5.41, 5.74) is 2.53. The van der Waals surface area contributed by atoms with E-state index in [9.17, 15) is 5.11 Å². The average molecular weight is 270 g/mol. The standard InChI is InChI=1S/C12H16BrNO/c1-9-7-10(13)4-5-12(9)14-6-2-3-11(14)8-15/h4-5,7,11,15H,2-3,6,8H2,1H3. The number of benzene rings is 1. The van der Waals surface area contributed by atoms with Gasteiger partial charge in [-0.3, -0.25) is 0 Å². The van der Waals surface area contributed by atoms with Crippen LogP contribution in [0.2, 0.25) is 0 Å². The molecule has 1 unspecified atom stereocenters. The van der Waals surface area contributed by atoms with Crippen molar-refractivity contribution in [2.75, 3.05) is 18.1 Å². The molecule has 0 spiro atoms. The Balaban J connectivity index is 2.28. The van der Waals surface area contributed by atoms with E-state index in [0.29, 0.717) is 6.04 Å². The van der Waals surface area contributed by atoms with Crippen LogP contribution in [0.1, 0.15) is 18.4 Å². The zero-order valence-electron chi connectivity index (χ0n) is 8.91. The first-order valence-electron chi connectivity index (χ1n) is 5.36. The maximum absolute atomic E-state index is 9.29. The second kappa shape index (κ2) is 4.54. The van der Waals surface area contributed by atoms with Crippen molar-refractivity contribution in [2.45, 2.75) is 25.8 Å². The van der Waals surface area contributed by atoms with E-state index in [1.54, 1.807) is 0 Å². The van der Waals surface area contributed by atoms with Crippen molar-refractivity contribution in [1.29, 1.82) is 0 Å². The molecular weight excluding hydrogens is 254 g/mol. The molecule has 82 valence electrons. The molecule has 2 nitrogen and oxygen atoms in total. The molecule has 1 N–H and O–H groups in total. The second-order valence-electron chi connectivity index (χ2n) is 4.10. The third-order valence-corrected chi connectivity index (χ3v) is 3.55. The lowest BCUT2D eigenvalue weighted by molar-refractivity contribution is 0.266. The number of aliphatic hydroxyl groups excluding tert-OH is 1. The topological polar surface area (TPSA) is 23.5 Å². The lowest BCUT2D eigenvalue weighted by Gasteiger charge is -2.27. The number of aliphatic hydroxyl groups is 1. The summed E-state index contributed by atoms with van der Waals surface area (Å²) in [6.07, 6.45) is 2.28. The zero-order valence-corrected chi connectivity index (χ0v) is 10.5. The van der Waals surface area contributed by atoms with E-state index >= 15 is 0 Å². The van der Waals surface area contributed by atoms with Gasteiger partial charge in [-0.1, -0.05) is 15.9 Å². The highest BCUT2D eigenvalue weighted by Gasteiger charge is 2.24. The molecule has 1 heterocycles. The molecule has 2 rings (SSSR count).